The van der Waals surface area contributed by atoms with Crippen molar-refractivity contribution in [2.45, 2.75) is 0 Å². The van der Waals surface area contributed by atoms with Gasteiger partial charge in [-0.05, 0) is 18.2 Å². The molecule has 1 heterocycles. The van der Waals surface area contributed by atoms with E-state index in [1.54, 1.807) is 25.3 Å². The van der Waals surface area contributed by atoms with Gasteiger partial charge in [-0.15, -0.1) is 5.10 Å². The van der Waals surface area contributed by atoms with Crippen molar-refractivity contribution in [3.63, 3.8) is 0 Å². The summed E-state index contributed by atoms with van der Waals surface area (Å²) in [6.45, 7) is 0. The first-order chi connectivity index (χ1) is 9.62. The first-order valence-electron chi connectivity index (χ1n) is 5.64. The number of carbonyl (C=O) groups excluding carboxylic acids is 1. The van der Waals surface area contributed by atoms with Crippen LogP contribution in [0, 0.1) is 0 Å². The molecule has 0 aliphatic heterocycles. The van der Waals surface area contributed by atoms with Crippen molar-refractivity contribution >= 4 is 23.8 Å². The molecule has 2 rings (SSSR count). The van der Waals surface area contributed by atoms with Crippen LogP contribution in [0.25, 0.3) is 17.6 Å². The molecule has 104 valence electrons. The summed E-state index contributed by atoms with van der Waals surface area (Å²) in [6, 6.07) is 5.20. The zero-order valence-corrected chi connectivity index (χ0v) is 11.7. The zero-order chi connectivity index (χ0) is 14.5. The smallest absolute Gasteiger partial charge is 0.332 e. The van der Waals surface area contributed by atoms with Gasteiger partial charge in [0.2, 0.25) is 0 Å². The molecule has 0 aliphatic carbocycles. The second-order valence-corrected chi connectivity index (χ2v) is 4.20. The van der Waals surface area contributed by atoms with Crippen molar-refractivity contribution in [3.05, 3.63) is 35.6 Å². The fourth-order valence-corrected chi connectivity index (χ4v) is 1.72. The predicted octanol–water partition coefficient (Wildman–Crippen LogP) is 2.25. The number of rotatable bonds is 4. The van der Waals surface area contributed by atoms with Gasteiger partial charge in [-0.3, -0.25) is 0 Å². The predicted molar refractivity (Wildman–Crippen MR) is 74.4 cm³/mol. The molecule has 20 heavy (non-hydrogen) atoms. The Kier molecular flexibility index (Phi) is 4.37. The van der Waals surface area contributed by atoms with Crippen LogP contribution in [0.15, 0.2) is 30.6 Å². The highest BCUT2D eigenvalue weighted by Gasteiger charge is 2.07. The molecule has 0 aliphatic rings. The molecule has 0 saturated heterocycles. The number of benzene rings is 1. The zero-order valence-electron chi connectivity index (χ0n) is 10.9. The average molecular weight is 294 g/mol. The van der Waals surface area contributed by atoms with Gasteiger partial charge in [0.15, 0.2) is 5.82 Å². The number of hydrogen-bond donors (Lipinski definition) is 0. The first-order valence-corrected chi connectivity index (χ1v) is 6.02. The topological polar surface area (TPSA) is 66.2 Å². The van der Waals surface area contributed by atoms with Crippen LogP contribution in [0.1, 0.15) is 0 Å². The van der Waals surface area contributed by atoms with Crippen LogP contribution in [-0.4, -0.2) is 35.0 Å². The number of carbonyl (C=O) groups is 1. The quantitative estimate of drug-likeness (QED) is 0.639. The van der Waals surface area contributed by atoms with Crippen LogP contribution in [-0.2, 0) is 9.53 Å². The van der Waals surface area contributed by atoms with E-state index in [1.807, 2.05) is 0 Å². The number of hydrogen-bond acceptors (Lipinski definition) is 5. The molecule has 7 heteroatoms. The van der Waals surface area contributed by atoms with E-state index in [9.17, 15) is 4.79 Å². The van der Waals surface area contributed by atoms with Crippen LogP contribution in [0.3, 0.4) is 0 Å². The minimum Gasteiger partial charge on any atom is -0.497 e. The lowest BCUT2D eigenvalue weighted by Crippen LogP contribution is -1.96. The third kappa shape index (κ3) is 3.36. The lowest BCUT2D eigenvalue weighted by Gasteiger charge is -2.02. The van der Waals surface area contributed by atoms with Gasteiger partial charge in [0, 0.05) is 22.9 Å². The summed E-state index contributed by atoms with van der Waals surface area (Å²) in [5.74, 6) is 0.626. The van der Waals surface area contributed by atoms with Crippen LogP contribution in [0.4, 0.5) is 0 Å². The molecule has 1 aromatic heterocycles. The van der Waals surface area contributed by atoms with Gasteiger partial charge in [0.05, 0.1) is 14.2 Å². The summed E-state index contributed by atoms with van der Waals surface area (Å²) in [4.78, 5) is 15.1. The van der Waals surface area contributed by atoms with E-state index in [1.165, 1.54) is 30.4 Å². The molecule has 0 atom stereocenters. The number of methoxy groups -OCH3 is 2. The van der Waals surface area contributed by atoms with E-state index in [0.717, 1.165) is 5.56 Å². The van der Waals surface area contributed by atoms with Gasteiger partial charge in [0.25, 0.3) is 0 Å². The number of nitrogens with zero attached hydrogens (tertiary/aromatic N) is 3. The maximum atomic E-state index is 11.0. The normalized spacial score (nSPS) is 10.8. The highest BCUT2D eigenvalue weighted by Crippen LogP contribution is 2.26. The monoisotopic (exact) mass is 293 g/mol. The van der Waals surface area contributed by atoms with Crippen LogP contribution in [0.2, 0.25) is 5.02 Å². The van der Waals surface area contributed by atoms with E-state index < -0.39 is 5.97 Å². The molecule has 0 N–H and O–H groups in total. The minimum atomic E-state index is -0.466. The number of aromatic nitrogens is 3. The van der Waals surface area contributed by atoms with Crippen molar-refractivity contribution in [1.29, 1.82) is 0 Å². The molecule has 6 nitrogen and oxygen atoms in total. The van der Waals surface area contributed by atoms with Crippen molar-refractivity contribution in [2.24, 2.45) is 0 Å². The average Bonchev–Trinajstić information content (AvgIpc) is 2.92. The first kappa shape index (κ1) is 14.1. The number of esters is 1. The van der Waals surface area contributed by atoms with Crippen LogP contribution < -0.4 is 4.74 Å². The van der Waals surface area contributed by atoms with Gasteiger partial charge >= 0.3 is 5.97 Å². The van der Waals surface area contributed by atoms with Crippen LogP contribution >= 0.6 is 11.6 Å². The molecule has 0 fully saturated rings. The summed E-state index contributed by atoms with van der Waals surface area (Å²) in [6.07, 6.45) is 4.17. The molecular weight excluding hydrogens is 282 g/mol. The molecule has 0 unspecified atom stereocenters. The molecule has 2 aromatic rings. The second-order valence-electron chi connectivity index (χ2n) is 3.77. The summed E-state index contributed by atoms with van der Waals surface area (Å²) in [5.41, 5.74) is 0.722. The van der Waals surface area contributed by atoms with E-state index >= 15 is 0 Å². The number of ether oxygens (including phenoxy) is 2. The lowest BCUT2D eigenvalue weighted by molar-refractivity contribution is -0.134. The molecule has 1 aromatic carbocycles. The van der Waals surface area contributed by atoms with Gasteiger partial charge in [-0.25, -0.2) is 14.5 Å². The van der Waals surface area contributed by atoms with E-state index in [4.69, 9.17) is 16.3 Å². The third-order valence-corrected chi connectivity index (χ3v) is 2.66. The second kappa shape index (κ2) is 6.21. The van der Waals surface area contributed by atoms with Gasteiger partial charge in [-0.1, -0.05) is 11.6 Å². The standard InChI is InChI=1S/C13H12ClN3O3/c1-19-11-6-9(5-10(14)7-11)13-15-8-17(16-13)4-3-12(18)20-2/h3-8H,1-2H3/b4-3+. The molecule has 0 spiro atoms. The minimum absolute atomic E-state index is 0.466. The molecule has 0 amide bonds. The largest absolute Gasteiger partial charge is 0.497 e. The maximum Gasteiger partial charge on any atom is 0.332 e. The van der Waals surface area contributed by atoms with E-state index in [-0.39, 0.29) is 0 Å². The van der Waals surface area contributed by atoms with E-state index in [0.29, 0.717) is 16.6 Å². The summed E-state index contributed by atoms with van der Waals surface area (Å²) in [7, 11) is 2.86. The molecular formula is C13H12ClN3O3. The fraction of sp³-hybridized carbons (Fsp3) is 0.154. The Balaban J connectivity index is 2.26. The maximum absolute atomic E-state index is 11.0. The van der Waals surface area contributed by atoms with Gasteiger partial charge in [0.1, 0.15) is 12.1 Å². The molecule has 0 saturated carbocycles. The van der Waals surface area contributed by atoms with Crippen molar-refractivity contribution in [2.75, 3.05) is 14.2 Å². The summed E-state index contributed by atoms with van der Waals surface area (Å²) < 4.78 is 11.0. The lowest BCUT2D eigenvalue weighted by atomic mass is 10.2. The Morgan fingerprint density at radius 2 is 2.15 bits per heavy atom. The fourth-order valence-electron chi connectivity index (χ4n) is 1.49. The SMILES string of the molecule is COC(=O)/C=C/n1cnc(-c2cc(Cl)cc(OC)c2)n1. The Hall–Kier alpha value is -2.34. The molecule has 0 bridgehead atoms. The summed E-state index contributed by atoms with van der Waals surface area (Å²) in [5, 5.41) is 4.73. The van der Waals surface area contributed by atoms with Crippen LogP contribution in [0.5, 0.6) is 5.75 Å². The Morgan fingerprint density at radius 3 is 2.85 bits per heavy atom. The molecule has 0 radical (unpaired) electrons. The van der Waals surface area contributed by atoms with Crippen molar-refractivity contribution in [1.82, 2.24) is 14.8 Å². The third-order valence-electron chi connectivity index (χ3n) is 2.44. The summed E-state index contributed by atoms with van der Waals surface area (Å²) >= 11 is 5.99. The Bertz CT molecular complexity index is 652. The Morgan fingerprint density at radius 1 is 1.35 bits per heavy atom. The van der Waals surface area contributed by atoms with E-state index in [2.05, 4.69) is 14.8 Å². The van der Waals surface area contributed by atoms with Gasteiger partial charge < -0.3 is 9.47 Å². The van der Waals surface area contributed by atoms with Gasteiger partial charge in [-0.2, -0.15) is 0 Å². The number of halogens is 1. The highest BCUT2D eigenvalue weighted by molar-refractivity contribution is 6.31. The Labute approximate surface area is 120 Å². The van der Waals surface area contributed by atoms with Crippen molar-refractivity contribution in [3.8, 4) is 17.1 Å². The van der Waals surface area contributed by atoms with Crippen molar-refractivity contribution < 1.29 is 14.3 Å². The highest BCUT2D eigenvalue weighted by atomic mass is 35.5.